The van der Waals surface area contributed by atoms with Crippen molar-refractivity contribution in [3.63, 3.8) is 0 Å². The molecule has 2 N–H and O–H groups in total. The van der Waals surface area contributed by atoms with Crippen molar-refractivity contribution < 1.29 is 21.6 Å². The fourth-order valence-corrected chi connectivity index (χ4v) is 4.03. The molecule has 1 aliphatic carbocycles. The summed E-state index contributed by atoms with van der Waals surface area (Å²) in [6.45, 7) is 1.86. The maximum atomic E-state index is 12.6. The number of guanidine groups is 1. The molecule has 1 saturated heterocycles. The summed E-state index contributed by atoms with van der Waals surface area (Å²) >= 11 is 0. The molecule has 0 aromatic rings. The van der Waals surface area contributed by atoms with Crippen LogP contribution in [0, 0.1) is 5.92 Å². The summed E-state index contributed by atoms with van der Waals surface area (Å²) < 4.78 is 61.0. The van der Waals surface area contributed by atoms with Crippen LogP contribution in [0.4, 0.5) is 13.2 Å². The third-order valence-electron chi connectivity index (χ3n) is 4.55. The van der Waals surface area contributed by atoms with E-state index in [0.29, 0.717) is 35.1 Å². The zero-order valence-electron chi connectivity index (χ0n) is 13.9. The zero-order chi connectivity index (χ0) is 18.0. The molecule has 2 unspecified atom stereocenters. The molecule has 0 radical (unpaired) electrons. The van der Waals surface area contributed by atoms with Gasteiger partial charge < -0.3 is 10.6 Å². The van der Waals surface area contributed by atoms with E-state index in [0.717, 1.165) is 12.8 Å². The number of halogens is 3. The van der Waals surface area contributed by atoms with Crippen LogP contribution in [0.5, 0.6) is 0 Å². The number of sulfonamides is 1. The lowest BCUT2D eigenvalue weighted by molar-refractivity contribution is -0.0494. The Morgan fingerprint density at radius 2 is 1.88 bits per heavy atom. The van der Waals surface area contributed by atoms with E-state index < -0.39 is 15.5 Å². The molecule has 2 rings (SSSR count). The van der Waals surface area contributed by atoms with Crippen molar-refractivity contribution in [1.29, 1.82) is 0 Å². The predicted octanol–water partition coefficient (Wildman–Crippen LogP) is 1.65. The van der Waals surface area contributed by atoms with Gasteiger partial charge in [-0.05, 0) is 31.6 Å². The van der Waals surface area contributed by atoms with E-state index >= 15 is 0 Å². The molecular weight excluding hydrogens is 345 g/mol. The lowest BCUT2D eigenvalue weighted by Crippen LogP contribution is -2.52. The zero-order valence-corrected chi connectivity index (χ0v) is 14.8. The van der Waals surface area contributed by atoms with Crippen molar-refractivity contribution in [2.75, 3.05) is 20.1 Å². The number of alkyl halides is 3. The first-order chi connectivity index (χ1) is 11.2. The second kappa shape index (κ2) is 7.47. The summed E-state index contributed by atoms with van der Waals surface area (Å²) in [4.78, 5) is 4.15. The van der Waals surface area contributed by atoms with Crippen molar-refractivity contribution in [3.8, 4) is 0 Å². The van der Waals surface area contributed by atoms with E-state index in [4.69, 9.17) is 0 Å². The molecule has 0 amide bonds. The van der Waals surface area contributed by atoms with Gasteiger partial charge in [0.15, 0.2) is 5.96 Å². The highest BCUT2D eigenvalue weighted by atomic mass is 32.2. The first kappa shape index (κ1) is 19.3. The van der Waals surface area contributed by atoms with Crippen LogP contribution in [-0.4, -0.2) is 56.4 Å². The van der Waals surface area contributed by atoms with Gasteiger partial charge in [-0.25, -0.2) is 8.42 Å². The SMILES string of the molecule is CCCC1CC1NC(=NC)NC1CCN(S(=O)(=O)C(F)(F)F)CC1. The van der Waals surface area contributed by atoms with Crippen molar-refractivity contribution in [2.24, 2.45) is 10.9 Å². The third-order valence-corrected chi connectivity index (χ3v) is 6.18. The van der Waals surface area contributed by atoms with Crippen molar-refractivity contribution in [2.45, 2.75) is 56.6 Å². The standard InChI is InChI=1S/C14H25F3N4O2S/c1-3-4-10-9-12(10)20-13(18-2)19-11-5-7-21(8-6-11)24(22,23)14(15,16)17/h10-12H,3-9H2,1-2H3,(H2,18,19,20). The quantitative estimate of drug-likeness (QED) is 0.570. The minimum atomic E-state index is -5.23. The van der Waals surface area contributed by atoms with E-state index in [1.54, 1.807) is 7.05 Å². The first-order valence-corrected chi connectivity index (χ1v) is 9.69. The summed E-state index contributed by atoms with van der Waals surface area (Å²) in [6, 6.07) is 0.320. The van der Waals surface area contributed by atoms with Gasteiger partial charge in [0, 0.05) is 32.2 Å². The van der Waals surface area contributed by atoms with Gasteiger partial charge in [-0.15, -0.1) is 0 Å². The lowest BCUT2D eigenvalue weighted by atomic mass is 10.1. The number of hydrogen-bond donors (Lipinski definition) is 2. The molecule has 0 aromatic carbocycles. The summed E-state index contributed by atoms with van der Waals surface area (Å²) in [5.41, 5.74) is -5.23. The van der Waals surface area contributed by atoms with E-state index in [-0.39, 0.29) is 19.1 Å². The molecule has 1 heterocycles. The number of aliphatic imine (C=N–C) groups is 1. The third kappa shape index (κ3) is 4.53. The fraction of sp³-hybridized carbons (Fsp3) is 0.929. The highest BCUT2D eigenvalue weighted by Crippen LogP contribution is 2.34. The van der Waals surface area contributed by atoms with E-state index in [9.17, 15) is 21.6 Å². The van der Waals surface area contributed by atoms with Gasteiger partial charge in [-0.1, -0.05) is 13.3 Å². The number of hydrogen-bond acceptors (Lipinski definition) is 3. The summed E-state index contributed by atoms with van der Waals surface area (Å²) in [7, 11) is -3.57. The molecule has 140 valence electrons. The summed E-state index contributed by atoms with van der Waals surface area (Å²) in [6.07, 6.45) is 4.05. The minimum Gasteiger partial charge on any atom is -0.354 e. The highest BCUT2D eigenvalue weighted by Gasteiger charge is 2.50. The highest BCUT2D eigenvalue weighted by molar-refractivity contribution is 7.90. The Hall–Kier alpha value is -1.03. The second-order valence-electron chi connectivity index (χ2n) is 6.38. The fourth-order valence-electron chi connectivity index (χ4n) is 3.04. The smallest absolute Gasteiger partial charge is 0.354 e. The minimum absolute atomic E-state index is 0.0840. The number of rotatable bonds is 5. The Morgan fingerprint density at radius 1 is 1.25 bits per heavy atom. The van der Waals surface area contributed by atoms with Crippen LogP contribution in [-0.2, 0) is 10.0 Å². The Balaban J connectivity index is 1.80. The Kier molecular flexibility index (Phi) is 6.00. The van der Waals surface area contributed by atoms with Crippen molar-refractivity contribution in [1.82, 2.24) is 14.9 Å². The molecule has 2 aliphatic rings. The van der Waals surface area contributed by atoms with Gasteiger partial charge in [0.1, 0.15) is 0 Å². The number of nitrogens with zero attached hydrogens (tertiary/aromatic N) is 2. The molecule has 1 aliphatic heterocycles. The molecule has 10 heteroatoms. The molecule has 1 saturated carbocycles. The predicted molar refractivity (Wildman–Crippen MR) is 86.0 cm³/mol. The summed E-state index contributed by atoms with van der Waals surface area (Å²) in [5, 5.41) is 6.50. The van der Waals surface area contributed by atoms with Crippen LogP contribution in [0.15, 0.2) is 4.99 Å². The van der Waals surface area contributed by atoms with E-state index in [1.165, 1.54) is 6.42 Å². The van der Waals surface area contributed by atoms with Crippen molar-refractivity contribution >= 4 is 16.0 Å². The van der Waals surface area contributed by atoms with Gasteiger partial charge in [-0.2, -0.15) is 17.5 Å². The van der Waals surface area contributed by atoms with Crippen LogP contribution in [0.1, 0.15) is 39.0 Å². The van der Waals surface area contributed by atoms with Gasteiger partial charge in [-0.3, -0.25) is 4.99 Å². The molecule has 2 fully saturated rings. The van der Waals surface area contributed by atoms with Crippen LogP contribution in [0.25, 0.3) is 0 Å². The topological polar surface area (TPSA) is 73.8 Å². The van der Waals surface area contributed by atoms with Crippen molar-refractivity contribution in [3.05, 3.63) is 0 Å². The van der Waals surface area contributed by atoms with Gasteiger partial charge in [0.25, 0.3) is 0 Å². The molecule has 6 nitrogen and oxygen atoms in total. The molecule has 24 heavy (non-hydrogen) atoms. The molecule has 0 spiro atoms. The van der Waals surface area contributed by atoms with Gasteiger partial charge in [0.05, 0.1) is 0 Å². The first-order valence-electron chi connectivity index (χ1n) is 8.25. The average molecular weight is 370 g/mol. The lowest BCUT2D eigenvalue weighted by Gasteiger charge is -2.32. The number of nitrogens with one attached hydrogen (secondary N) is 2. The van der Waals surface area contributed by atoms with Crippen LogP contribution in [0.2, 0.25) is 0 Å². The monoisotopic (exact) mass is 370 g/mol. The second-order valence-corrected chi connectivity index (χ2v) is 8.31. The number of piperidine rings is 1. The summed E-state index contributed by atoms with van der Waals surface area (Å²) in [5.74, 6) is 1.29. The van der Waals surface area contributed by atoms with Crippen LogP contribution < -0.4 is 10.6 Å². The Labute approximate surface area is 140 Å². The van der Waals surface area contributed by atoms with Gasteiger partial charge >= 0.3 is 15.5 Å². The van der Waals surface area contributed by atoms with Crippen LogP contribution in [0.3, 0.4) is 0 Å². The molecule has 2 atom stereocenters. The maximum Gasteiger partial charge on any atom is 0.511 e. The van der Waals surface area contributed by atoms with E-state index in [1.807, 2.05) is 0 Å². The molecular formula is C14H25F3N4O2S. The van der Waals surface area contributed by atoms with E-state index in [2.05, 4.69) is 22.5 Å². The maximum absolute atomic E-state index is 12.6. The Morgan fingerprint density at radius 3 is 2.38 bits per heavy atom. The normalized spacial score (nSPS) is 27.1. The molecule has 0 aromatic heterocycles. The average Bonchev–Trinajstić information content (AvgIpc) is 3.24. The molecule has 0 bridgehead atoms. The van der Waals surface area contributed by atoms with Gasteiger partial charge in [0.2, 0.25) is 0 Å². The van der Waals surface area contributed by atoms with Crippen LogP contribution >= 0.6 is 0 Å². The largest absolute Gasteiger partial charge is 0.511 e. The Bertz CT molecular complexity index is 557.